The summed E-state index contributed by atoms with van der Waals surface area (Å²) in [5.41, 5.74) is -0.968. The van der Waals surface area contributed by atoms with E-state index in [0.29, 0.717) is 18.6 Å². The Morgan fingerprint density at radius 2 is 1.76 bits per heavy atom. The number of nitrogens with one attached hydrogen (secondary N) is 1. The molecule has 0 amide bonds. The summed E-state index contributed by atoms with van der Waals surface area (Å²) < 4.78 is 49.9. The Labute approximate surface area is 216 Å². The third kappa shape index (κ3) is 4.83. The fraction of sp³-hybridized carbons (Fsp3) is 0.321. The van der Waals surface area contributed by atoms with Gasteiger partial charge in [0.2, 0.25) is 0 Å². The van der Waals surface area contributed by atoms with Crippen LogP contribution in [0.4, 0.5) is 19.0 Å². The summed E-state index contributed by atoms with van der Waals surface area (Å²) in [6.07, 6.45) is 0.102. The van der Waals surface area contributed by atoms with Crippen LogP contribution in [0.5, 0.6) is 0 Å². The van der Waals surface area contributed by atoms with Gasteiger partial charge in [0.15, 0.2) is 5.82 Å². The molecule has 4 aromatic rings. The highest BCUT2D eigenvalue weighted by Crippen LogP contribution is 2.43. The number of nitrogens with zero attached hydrogens (tertiary/aromatic N) is 3. The van der Waals surface area contributed by atoms with Gasteiger partial charge in [-0.05, 0) is 25.3 Å². The molecule has 0 spiro atoms. The number of hydrogen-bond donors (Lipinski definition) is 1. The van der Waals surface area contributed by atoms with Gasteiger partial charge >= 0.3 is 0 Å². The fourth-order valence-electron chi connectivity index (χ4n) is 4.69. The lowest BCUT2D eigenvalue weighted by molar-refractivity contribution is 0.0800. The second-order valence-corrected chi connectivity index (χ2v) is 9.71. The van der Waals surface area contributed by atoms with Crippen LogP contribution in [0.25, 0.3) is 10.8 Å². The minimum atomic E-state index is -2.95. The Morgan fingerprint density at radius 1 is 1.05 bits per heavy atom. The minimum absolute atomic E-state index is 0.0351. The number of hydrogen-bond acceptors (Lipinski definition) is 5. The van der Waals surface area contributed by atoms with Crippen molar-refractivity contribution in [1.82, 2.24) is 14.3 Å². The number of aromatic nitrogens is 3. The third-order valence-corrected chi connectivity index (χ3v) is 7.02. The van der Waals surface area contributed by atoms with Crippen molar-refractivity contribution in [2.75, 3.05) is 11.9 Å². The van der Waals surface area contributed by atoms with Crippen LogP contribution in [-0.2, 0) is 23.9 Å². The van der Waals surface area contributed by atoms with Crippen molar-refractivity contribution in [3.05, 3.63) is 104 Å². The molecule has 198 valence electrons. The van der Waals surface area contributed by atoms with E-state index in [4.69, 9.17) is 4.74 Å². The van der Waals surface area contributed by atoms with E-state index >= 15 is 0 Å². The number of anilines is 1. The van der Waals surface area contributed by atoms with E-state index in [1.54, 1.807) is 17.7 Å². The number of fused-ring (bicyclic) bond motifs is 1. The molecule has 1 aliphatic carbocycles. The van der Waals surface area contributed by atoms with E-state index in [-0.39, 0.29) is 22.3 Å². The molecule has 1 atom stereocenters. The van der Waals surface area contributed by atoms with Gasteiger partial charge < -0.3 is 14.6 Å². The van der Waals surface area contributed by atoms with Gasteiger partial charge in [-0.25, -0.2) is 17.9 Å². The van der Waals surface area contributed by atoms with Gasteiger partial charge in [-0.3, -0.25) is 9.59 Å². The predicted molar refractivity (Wildman–Crippen MR) is 138 cm³/mol. The normalized spacial score (nSPS) is 15.1. The first kappa shape index (κ1) is 25.7. The molecule has 38 heavy (non-hydrogen) atoms. The number of ether oxygens (including phenoxy) is 1. The van der Waals surface area contributed by atoms with Crippen LogP contribution < -0.4 is 16.4 Å². The van der Waals surface area contributed by atoms with Gasteiger partial charge in [-0.15, -0.1) is 0 Å². The maximum Gasteiger partial charge on any atom is 0.274 e. The Balaban J connectivity index is 1.49. The maximum absolute atomic E-state index is 14.8. The van der Waals surface area contributed by atoms with Crippen molar-refractivity contribution in [3.63, 3.8) is 0 Å². The van der Waals surface area contributed by atoms with Crippen LogP contribution >= 0.6 is 0 Å². The topological polar surface area (TPSA) is 78.2 Å². The quantitative estimate of drug-likeness (QED) is 0.332. The SMILES string of the molecule is CC(Nc1nn(C)c(=O)c2cc(=O)n(C3(COCc4ccccc4)CC3)cc12)c1cccc(C(F)F)c1F. The number of rotatable bonds is 9. The predicted octanol–water partition coefficient (Wildman–Crippen LogP) is 5.05. The maximum atomic E-state index is 14.8. The molecule has 1 N–H and O–H groups in total. The van der Waals surface area contributed by atoms with Crippen molar-refractivity contribution in [2.45, 2.75) is 44.4 Å². The summed E-state index contributed by atoms with van der Waals surface area (Å²) in [6, 6.07) is 14.1. The zero-order chi connectivity index (χ0) is 27.0. The van der Waals surface area contributed by atoms with Crippen molar-refractivity contribution in [2.24, 2.45) is 7.05 Å². The second-order valence-electron chi connectivity index (χ2n) is 9.71. The molecule has 0 bridgehead atoms. The smallest absolute Gasteiger partial charge is 0.274 e. The van der Waals surface area contributed by atoms with Gasteiger partial charge in [0.25, 0.3) is 17.5 Å². The molecule has 0 saturated heterocycles. The highest BCUT2D eigenvalue weighted by Gasteiger charge is 2.45. The summed E-state index contributed by atoms with van der Waals surface area (Å²) >= 11 is 0. The molecule has 1 aliphatic rings. The van der Waals surface area contributed by atoms with E-state index < -0.39 is 34.9 Å². The van der Waals surface area contributed by atoms with E-state index in [1.165, 1.54) is 25.2 Å². The molecule has 5 rings (SSSR count). The molecular formula is C28H27F3N4O3. The van der Waals surface area contributed by atoms with E-state index in [9.17, 15) is 22.8 Å². The van der Waals surface area contributed by atoms with Gasteiger partial charge in [0.05, 0.1) is 35.7 Å². The summed E-state index contributed by atoms with van der Waals surface area (Å²) in [4.78, 5) is 25.9. The monoisotopic (exact) mass is 524 g/mol. The second kappa shape index (κ2) is 10.1. The Bertz CT molecular complexity index is 1600. The molecule has 2 aromatic heterocycles. The van der Waals surface area contributed by atoms with Gasteiger partial charge in [0, 0.05) is 30.3 Å². The summed E-state index contributed by atoms with van der Waals surface area (Å²) in [5, 5.41) is 7.89. The molecule has 2 aromatic carbocycles. The van der Waals surface area contributed by atoms with E-state index in [0.717, 1.165) is 29.2 Å². The summed E-state index contributed by atoms with van der Waals surface area (Å²) in [7, 11) is 1.45. The van der Waals surface area contributed by atoms with E-state index in [2.05, 4.69) is 10.4 Å². The molecule has 7 nitrogen and oxygen atoms in total. The Morgan fingerprint density at radius 3 is 2.45 bits per heavy atom. The summed E-state index contributed by atoms with van der Waals surface area (Å²) in [6.45, 7) is 2.33. The average molecular weight is 525 g/mol. The van der Waals surface area contributed by atoms with Crippen LogP contribution in [0.3, 0.4) is 0 Å². The Hall–Kier alpha value is -3.92. The zero-order valence-corrected chi connectivity index (χ0v) is 21.0. The van der Waals surface area contributed by atoms with Gasteiger partial charge in [0.1, 0.15) is 5.82 Å². The lowest BCUT2D eigenvalue weighted by Gasteiger charge is -2.22. The largest absolute Gasteiger partial charge is 0.374 e. The first-order chi connectivity index (χ1) is 18.2. The lowest BCUT2D eigenvalue weighted by atomic mass is 10.0. The summed E-state index contributed by atoms with van der Waals surface area (Å²) in [5.74, 6) is -0.771. The zero-order valence-electron chi connectivity index (χ0n) is 21.0. The number of pyridine rings is 1. The van der Waals surface area contributed by atoms with Crippen LogP contribution in [0, 0.1) is 5.82 Å². The fourth-order valence-corrected chi connectivity index (χ4v) is 4.69. The number of alkyl halides is 2. The van der Waals surface area contributed by atoms with Crippen LogP contribution in [0.15, 0.2) is 70.4 Å². The molecule has 1 unspecified atom stereocenters. The molecule has 0 aliphatic heterocycles. The number of benzene rings is 2. The molecule has 1 fully saturated rings. The lowest BCUT2D eigenvalue weighted by Crippen LogP contribution is -2.34. The molecule has 0 radical (unpaired) electrons. The number of aryl methyl sites for hydroxylation is 1. The Kier molecular flexibility index (Phi) is 6.83. The first-order valence-electron chi connectivity index (χ1n) is 12.3. The molecule has 10 heteroatoms. The van der Waals surface area contributed by atoms with Gasteiger partial charge in [-0.2, -0.15) is 5.10 Å². The van der Waals surface area contributed by atoms with Crippen LogP contribution in [0.2, 0.25) is 0 Å². The average Bonchev–Trinajstić information content (AvgIpc) is 3.68. The molecule has 1 saturated carbocycles. The van der Waals surface area contributed by atoms with E-state index in [1.807, 2.05) is 30.3 Å². The van der Waals surface area contributed by atoms with Crippen molar-refractivity contribution >= 4 is 16.6 Å². The van der Waals surface area contributed by atoms with Crippen molar-refractivity contribution in [1.29, 1.82) is 0 Å². The van der Waals surface area contributed by atoms with Crippen molar-refractivity contribution in [3.8, 4) is 0 Å². The molecular weight excluding hydrogens is 497 g/mol. The van der Waals surface area contributed by atoms with Crippen LogP contribution in [0.1, 0.15) is 48.9 Å². The third-order valence-electron chi connectivity index (χ3n) is 7.02. The van der Waals surface area contributed by atoms with Gasteiger partial charge in [-0.1, -0.05) is 48.5 Å². The highest BCUT2D eigenvalue weighted by atomic mass is 19.3. The standard InChI is InChI=1S/C28H27F3N4O3/c1-17(19-9-6-10-20(24(19)29)25(30)31)32-26-22-14-35(23(36)13-21(22)27(37)34(2)33-26)28(11-12-28)16-38-15-18-7-4-3-5-8-18/h3-10,13-14,17,25H,11-12,15-16H2,1-2H3,(H,32,33). The highest BCUT2D eigenvalue weighted by molar-refractivity contribution is 5.90. The molecule has 2 heterocycles. The first-order valence-corrected chi connectivity index (χ1v) is 12.3. The van der Waals surface area contributed by atoms with Crippen LogP contribution in [-0.4, -0.2) is 21.0 Å². The number of halogens is 3. The van der Waals surface area contributed by atoms with Crippen molar-refractivity contribution < 1.29 is 17.9 Å². The minimum Gasteiger partial charge on any atom is -0.374 e.